The molecule has 0 aliphatic rings. The zero-order chi connectivity index (χ0) is 50.5. The molecule has 11 aromatic rings. The minimum Gasteiger partial charge on any atom is -0.310 e. The topological polar surface area (TPSA) is 14.2 Å². The molecule has 2 aromatic heterocycles. The van der Waals surface area contributed by atoms with Gasteiger partial charge in [0, 0.05) is 38.4 Å². The Hall–Kier alpha value is -8.35. The maximum atomic E-state index is 14.5. The van der Waals surface area contributed by atoms with Gasteiger partial charge < -0.3 is 9.13 Å². The first-order chi connectivity index (χ1) is 34.4. The number of hydrogen-bond acceptors (Lipinski definition) is 0. The van der Waals surface area contributed by atoms with E-state index in [1.807, 2.05) is 48.5 Å². The van der Waals surface area contributed by atoms with Gasteiger partial charge in [-0.15, -0.1) is 0 Å². The van der Waals surface area contributed by atoms with E-state index in [0.29, 0.717) is 28.2 Å². The van der Waals surface area contributed by atoms with Crippen molar-refractivity contribution in [3.8, 4) is 55.9 Å². The summed E-state index contributed by atoms with van der Waals surface area (Å²) in [6.07, 6.45) is -10.1. The Kier molecular flexibility index (Phi) is 10.8. The third-order valence-corrected chi connectivity index (χ3v) is 14.1. The summed E-state index contributed by atoms with van der Waals surface area (Å²) >= 11 is 0. The van der Waals surface area contributed by atoms with Gasteiger partial charge in [0.05, 0.1) is 45.5 Å². The molecule has 0 amide bonds. The Bertz CT molecular complexity index is 4020. The standard InChI is InChI=1S/C63H45F6N3/c1-35-24-37(3)60(38(4)25-35)42-17-22-57-52(31-42)48-12-8-10-14-54(48)71(57)56-21-16-41(44-28-45(62(64,65)66)33-46(29-44)63(67,68)69)30-51(56)50-20-19-47(70-7)34-59(50)72-55-15-11-9-13-49(55)53-32-43(18-23-58(53)72)61-39(5)26-36(2)27-40(61)6/h8-34H,1-6H3. The van der Waals surface area contributed by atoms with Gasteiger partial charge in [0.1, 0.15) is 0 Å². The van der Waals surface area contributed by atoms with E-state index in [1.54, 1.807) is 24.3 Å². The van der Waals surface area contributed by atoms with Crippen molar-refractivity contribution in [1.82, 2.24) is 9.13 Å². The van der Waals surface area contributed by atoms with Crippen LogP contribution in [-0.4, -0.2) is 9.13 Å². The van der Waals surface area contributed by atoms with Crippen molar-refractivity contribution in [1.29, 1.82) is 0 Å². The van der Waals surface area contributed by atoms with Gasteiger partial charge in [-0.05, 0) is 170 Å². The van der Waals surface area contributed by atoms with Gasteiger partial charge in [-0.2, -0.15) is 26.3 Å². The summed E-state index contributed by atoms with van der Waals surface area (Å²) in [5, 5.41) is 3.86. The van der Waals surface area contributed by atoms with E-state index >= 15 is 0 Å². The maximum Gasteiger partial charge on any atom is 0.416 e. The lowest BCUT2D eigenvalue weighted by Gasteiger charge is -2.21. The number of para-hydroxylation sites is 2. The fourth-order valence-corrected chi connectivity index (χ4v) is 11.3. The van der Waals surface area contributed by atoms with Crippen LogP contribution in [0.25, 0.3) is 104 Å². The molecule has 11 rings (SSSR count). The number of fused-ring (bicyclic) bond motifs is 6. The summed E-state index contributed by atoms with van der Waals surface area (Å²) in [4.78, 5) is 3.87. The minimum atomic E-state index is -5.05. The number of hydrogen-bond donors (Lipinski definition) is 0. The van der Waals surface area contributed by atoms with Crippen molar-refractivity contribution in [3.05, 3.63) is 220 Å². The molecule has 0 aliphatic heterocycles. The van der Waals surface area contributed by atoms with Crippen LogP contribution in [-0.2, 0) is 12.4 Å². The van der Waals surface area contributed by atoms with E-state index in [-0.39, 0.29) is 17.2 Å². The number of aromatic nitrogens is 2. The molecule has 0 saturated heterocycles. The molecule has 0 unspecified atom stereocenters. The number of aryl methyl sites for hydroxylation is 6. The molecule has 0 fully saturated rings. The Morgan fingerprint density at radius 3 is 1.29 bits per heavy atom. The molecule has 0 aliphatic carbocycles. The van der Waals surface area contributed by atoms with Crippen LogP contribution < -0.4 is 0 Å². The molecule has 2 heterocycles. The highest BCUT2D eigenvalue weighted by Crippen LogP contribution is 2.46. The molecule has 354 valence electrons. The Balaban J connectivity index is 1.23. The molecule has 3 nitrogen and oxygen atoms in total. The molecular weight excluding hydrogens is 913 g/mol. The molecule has 0 atom stereocenters. The molecule has 0 saturated carbocycles. The summed E-state index contributed by atoms with van der Waals surface area (Å²) in [5.41, 5.74) is 14.5. The molecule has 72 heavy (non-hydrogen) atoms. The van der Waals surface area contributed by atoms with Gasteiger partial charge in [-0.25, -0.2) is 4.85 Å². The largest absolute Gasteiger partial charge is 0.416 e. The molecule has 0 N–H and O–H groups in total. The van der Waals surface area contributed by atoms with Crippen LogP contribution in [0.1, 0.15) is 44.5 Å². The molecule has 0 spiro atoms. The van der Waals surface area contributed by atoms with E-state index in [0.717, 1.165) is 100 Å². The normalized spacial score (nSPS) is 12.2. The lowest BCUT2D eigenvalue weighted by molar-refractivity contribution is -0.143. The predicted molar refractivity (Wildman–Crippen MR) is 282 cm³/mol. The van der Waals surface area contributed by atoms with Crippen molar-refractivity contribution in [2.75, 3.05) is 0 Å². The second-order valence-corrected chi connectivity index (χ2v) is 19.1. The van der Waals surface area contributed by atoms with Gasteiger partial charge in [-0.3, -0.25) is 0 Å². The Morgan fingerprint density at radius 1 is 0.375 bits per heavy atom. The summed E-state index contributed by atoms with van der Waals surface area (Å²) < 4.78 is 91.0. The van der Waals surface area contributed by atoms with Gasteiger partial charge in [0.15, 0.2) is 5.69 Å². The van der Waals surface area contributed by atoms with E-state index in [9.17, 15) is 26.3 Å². The highest BCUT2D eigenvalue weighted by Gasteiger charge is 2.37. The average molecular weight is 958 g/mol. The van der Waals surface area contributed by atoms with E-state index < -0.39 is 23.5 Å². The number of benzene rings is 9. The van der Waals surface area contributed by atoms with Crippen molar-refractivity contribution < 1.29 is 26.3 Å². The second kappa shape index (κ2) is 16.9. The van der Waals surface area contributed by atoms with E-state index in [1.165, 1.54) is 11.1 Å². The number of halogens is 6. The first kappa shape index (κ1) is 46.1. The second-order valence-electron chi connectivity index (χ2n) is 19.1. The zero-order valence-corrected chi connectivity index (χ0v) is 40.2. The van der Waals surface area contributed by atoms with Crippen LogP contribution in [0.15, 0.2) is 164 Å². The van der Waals surface area contributed by atoms with Gasteiger partial charge in [0.2, 0.25) is 0 Å². The fourth-order valence-electron chi connectivity index (χ4n) is 11.3. The summed E-state index contributed by atoms with van der Waals surface area (Å²) in [7, 11) is 0. The molecule has 0 radical (unpaired) electrons. The van der Waals surface area contributed by atoms with Crippen LogP contribution >= 0.6 is 0 Å². The minimum absolute atomic E-state index is 0.148. The highest BCUT2D eigenvalue weighted by atomic mass is 19.4. The van der Waals surface area contributed by atoms with Crippen LogP contribution in [0.4, 0.5) is 32.0 Å². The SMILES string of the molecule is [C-]#[N+]c1ccc(-c2cc(-c3cc(C(F)(F)F)cc(C(F)(F)F)c3)ccc2-n2c3ccccc3c3cc(-c4c(C)cc(C)cc4C)ccc32)c(-n2c3ccccc3c3cc(-c4c(C)cc(C)cc4C)ccc32)c1. The van der Waals surface area contributed by atoms with Crippen LogP contribution in [0, 0.1) is 48.1 Å². The quantitative estimate of drug-likeness (QED) is 0.116. The van der Waals surface area contributed by atoms with E-state index in [4.69, 9.17) is 6.57 Å². The lowest BCUT2D eigenvalue weighted by Crippen LogP contribution is -2.11. The first-order valence-electron chi connectivity index (χ1n) is 23.6. The molecular formula is C63H45F6N3. The number of rotatable bonds is 6. The van der Waals surface area contributed by atoms with Crippen molar-refractivity contribution >= 4 is 49.3 Å². The molecule has 9 heteroatoms. The number of nitrogens with zero attached hydrogens (tertiary/aromatic N) is 3. The zero-order valence-electron chi connectivity index (χ0n) is 40.2. The van der Waals surface area contributed by atoms with Crippen molar-refractivity contribution in [2.24, 2.45) is 0 Å². The third-order valence-electron chi connectivity index (χ3n) is 14.1. The van der Waals surface area contributed by atoms with Crippen LogP contribution in [0.2, 0.25) is 0 Å². The summed E-state index contributed by atoms with van der Waals surface area (Å²) in [6.45, 7) is 20.8. The van der Waals surface area contributed by atoms with Crippen molar-refractivity contribution in [2.45, 2.75) is 53.9 Å². The maximum absolute atomic E-state index is 14.5. The predicted octanol–water partition coefficient (Wildman–Crippen LogP) is 19.0. The van der Waals surface area contributed by atoms with Gasteiger partial charge >= 0.3 is 12.4 Å². The monoisotopic (exact) mass is 957 g/mol. The third kappa shape index (κ3) is 7.70. The van der Waals surface area contributed by atoms with Gasteiger partial charge in [-0.1, -0.05) is 102 Å². The van der Waals surface area contributed by atoms with Crippen molar-refractivity contribution in [3.63, 3.8) is 0 Å². The van der Waals surface area contributed by atoms with Gasteiger partial charge in [0.25, 0.3) is 0 Å². The first-order valence-corrected chi connectivity index (χ1v) is 23.6. The summed E-state index contributed by atoms with van der Waals surface area (Å²) in [5.74, 6) is 0. The average Bonchev–Trinajstić information content (AvgIpc) is 3.84. The van der Waals surface area contributed by atoms with Crippen LogP contribution in [0.5, 0.6) is 0 Å². The summed E-state index contributed by atoms with van der Waals surface area (Å²) in [6, 6.07) is 49.6. The molecule has 9 aromatic carbocycles. The Labute approximate surface area is 412 Å². The molecule has 0 bridgehead atoms. The van der Waals surface area contributed by atoms with Crippen LogP contribution in [0.3, 0.4) is 0 Å². The Morgan fingerprint density at radius 2 is 0.819 bits per heavy atom. The highest BCUT2D eigenvalue weighted by molar-refractivity contribution is 6.13. The number of alkyl halides is 6. The smallest absolute Gasteiger partial charge is 0.310 e. The fraction of sp³-hybridized carbons (Fsp3) is 0.127. The lowest BCUT2D eigenvalue weighted by atomic mass is 9.92. The van der Waals surface area contributed by atoms with E-state index in [2.05, 4.69) is 128 Å².